The van der Waals surface area contributed by atoms with E-state index in [4.69, 9.17) is 9.47 Å². The predicted octanol–water partition coefficient (Wildman–Crippen LogP) is 2.14. The van der Waals surface area contributed by atoms with Crippen molar-refractivity contribution >= 4 is 0 Å². The Balaban J connectivity index is 1.88. The van der Waals surface area contributed by atoms with Crippen LogP contribution < -0.4 is 10.1 Å². The van der Waals surface area contributed by atoms with Crippen LogP contribution >= 0.6 is 0 Å². The van der Waals surface area contributed by atoms with Gasteiger partial charge in [0.05, 0.1) is 6.61 Å². The first kappa shape index (κ1) is 11.4. The molecule has 3 nitrogen and oxygen atoms in total. The molecular formula is C13H19NO2. The molecule has 1 aromatic carbocycles. The number of rotatable bonds is 5. The lowest BCUT2D eigenvalue weighted by atomic mass is 10.1. The van der Waals surface area contributed by atoms with Crippen LogP contribution in [-0.2, 0) is 4.74 Å². The summed E-state index contributed by atoms with van der Waals surface area (Å²) in [7, 11) is 1.68. The minimum Gasteiger partial charge on any atom is -0.491 e. The van der Waals surface area contributed by atoms with Gasteiger partial charge in [-0.15, -0.1) is 0 Å². The SMILES string of the molecule is COCCOc1ccc(C2CCCN2)cc1. The Bertz CT molecular complexity index is 304. The summed E-state index contributed by atoms with van der Waals surface area (Å²) < 4.78 is 10.5. The predicted molar refractivity (Wildman–Crippen MR) is 63.8 cm³/mol. The quantitative estimate of drug-likeness (QED) is 0.773. The third-order valence-corrected chi connectivity index (χ3v) is 2.90. The van der Waals surface area contributed by atoms with E-state index in [2.05, 4.69) is 17.4 Å². The van der Waals surface area contributed by atoms with Crippen LogP contribution in [0.5, 0.6) is 5.75 Å². The van der Waals surface area contributed by atoms with Crippen molar-refractivity contribution in [3.63, 3.8) is 0 Å². The maximum absolute atomic E-state index is 5.52. The Labute approximate surface area is 96.8 Å². The molecule has 88 valence electrons. The van der Waals surface area contributed by atoms with E-state index in [1.165, 1.54) is 18.4 Å². The summed E-state index contributed by atoms with van der Waals surface area (Å²) in [6, 6.07) is 8.89. The molecule has 0 aromatic heterocycles. The molecule has 1 atom stereocenters. The summed E-state index contributed by atoms with van der Waals surface area (Å²) in [6.45, 7) is 2.38. The van der Waals surface area contributed by atoms with E-state index in [0.29, 0.717) is 19.3 Å². The second kappa shape index (κ2) is 5.87. The van der Waals surface area contributed by atoms with Crippen molar-refractivity contribution in [1.29, 1.82) is 0 Å². The van der Waals surface area contributed by atoms with Gasteiger partial charge in [0, 0.05) is 13.2 Å². The third-order valence-electron chi connectivity index (χ3n) is 2.90. The topological polar surface area (TPSA) is 30.5 Å². The molecule has 1 saturated heterocycles. The van der Waals surface area contributed by atoms with E-state index in [1.54, 1.807) is 7.11 Å². The fraction of sp³-hybridized carbons (Fsp3) is 0.538. The molecule has 0 saturated carbocycles. The number of benzene rings is 1. The fourth-order valence-corrected chi connectivity index (χ4v) is 2.01. The number of methoxy groups -OCH3 is 1. The van der Waals surface area contributed by atoms with E-state index in [0.717, 1.165) is 12.3 Å². The maximum atomic E-state index is 5.52. The molecule has 1 heterocycles. The van der Waals surface area contributed by atoms with Crippen molar-refractivity contribution in [2.75, 3.05) is 26.9 Å². The van der Waals surface area contributed by atoms with Crippen LogP contribution in [0.4, 0.5) is 0 Å². The highest BCUT2D eigenvalue weighted by atomic mass is 16.5. The highest BCUT2D eigenvalue weighted by Crippen LogP contribution is 2.24. The van der Waals surface area contributed by atoms with Crippen LogP contribution in [0.3, 0.4) is 0 Å². The standard InChI is InChI=1S/C13H19NO2/c1-15-9-10-16-12-6-4-11(5-7-12)13-3-2-8-14-13/h4-7,13-14H,2-3,8-10H2,1H3. The number of nitrogens with one attached hydrogen (secondary N) is 1. The summed E-state index contributed by atoms with van der Waals surface area (Å²) in [5.41, 5.74) is 1.36. The van der Waals surface area contributed by atoms with Crippen molar-refractivity contribution in [3.8, 4) is 5.75 Å². The van der Waals surface area contributed by atoms with E-state index in [1.807, 2.05) is 12.1 Å². The Hall–Kier alpha value is -1.06. The molecule has 3 heteroatoms. The normalized spacial score (nSPS) is 19.9. The molecule has 1 N–H and O–H groups in total. The van der Waals surface area contributed by atoms with Crippen LogP contribution in [0.1, 0.15) is 24.4 Å². The first-order chi connectivity index (χ1) is 7.90. The second-order valence-electron chi connectivity index (χ2n) is 4.06. The van der Waals surface area contributed by atoms with Crippen LogP contribution in [-0.4, -0.2) is 26.9 Å². The first-order valence-corrected chi connectivity index (χ1v) is 5.85. The summed E-state index contributed by atoms with van der Waals surface area (Å²) in [6.07, 6.45) is 2.51. The van der Waals surface area contributed by atoms with Crippen LogP contribution in [0.15, 0.2) is 24.3 Å². The van der Waals surface area contributed by atoms with Gasteiger partial charge in [-0.25, -0.2) is 0 Å². The Morgan fingerprint density at radius 1 is 1.25 bits per heavy atom. The zero-order chi connectivity index (χ0) is 11.2. The molecular weight excluding hydrogens is 202 g/mol. The molecule has 0 amide bonds. The van der Waals surface area contributed by atoms with Crippen LogP contribution in [0.25, 0.3) is 0 Å². The van der Waals surface area contributed by atoms with Crippen LogP contribution in [0.2, 0.25) is 0 Å². The van der Waals surface area contributed by atoms with Crippen molar-refractivity contribution in [2.45, 2.75) is 18.9 Å². The van der Waals surface area contributed by atoms with Gasteiger partial charge in [-0.1, -0.05) is 12.1 Å². The molecule has 1 aliphatic rings. The van der Waals surface area contributed by atoms with Gasteiger partial charge in [0.15, 0.2) is 0 Å². The van der Waals surface area contributed by atoms with Gasteiger partial charge in [-0.3, -0.25) is 0 Å². The van der Waals surface area contributed by atoms with E-state index in [9.17, 15) is 0 Å². The average Bonchev–Trinajstić information content (AvgIpc) is 2.84. The summed E-state index contributed by atoms with van der Waals surface area (Å²) in [5, 5.41) is 3.48. The van der Waals surface area contributed by atoms with Gasteiger partial charge in [0.1, 0.15) is 12.4 Å². The van der Waals surface area contributed by atoms with Gasteiger partial charge in [0.2, 0.25) is 0 Å². The lowest BCUT2D eigenvalue weighted by Gasteiger charge is -2.11. The molecule has 1 aromatic rings. The van der Waals surface area contributed by atoms with Crippen molar-refractivity contribution in [1.82, 2.24) is 5.32 Å². The fourth-order valence-electron chi connectivity index (χ4n) is 2.01. The van der Waals surface area contributed by atoms with Gasteiger partial charge in [-0.05, 0) is 37.1 Å². The van der Waals surface area contributed by atoms with Crippen molar-refractivity contribution in [3.05, 3.63) is 29.8 Å². The molecule has 0 spiro atoms. The molecule has 1 aliphatic heterocycles. The summed E-state index contributed by atoms with van der Waals surface area (Å²) in [5.74, 6) is 0.916. The molecule has 1 unspecified atom stereocenters. The zero-order valence-corrected chi connectivity index (χ0v) is 9.74. The molecule has 0 aliphatic carbocycles. The number of hydrogen-bond donors (Lipinski definition) is 1. The van der Waals surface area contributed by atoms with Gasteiger partial charge in [0.25, 0.3) is 0 Å². The summed E-state index contributed by atoms with van der Waals surface area (Å²) in [4.78, 5) is 0. The third kappa shape index (κ3) is 2.97. The van der Waals surface area contributed by atoms with Gasteiger partial charge >= 0.3 is 0 Å². The zero-order valence-electron chi connectivity index (χ0n) is 9.74. The Morgan fingerprint density at radius 3 is 2.69 bits per heavy atom. The molecule has 0 bridgehead atoms. The monoisotopic (exact) mass is 221 g/mol. The van der Waals surface area contributed by atoms with Gasteiger partial charge in [-0.2, -0.15) is 0 Å². The smallest absolute Gasteiger partial charge is 0.119 e. The molecule has 16 heavy (non-hydrogen) atoms. The van der Waals surface area contributed by atoms with E-state index >= 15 is 0 Å². The highest BCUT2D eigenvalue weighted by molar-refractivity contribution is 5.29. The number of ether oxygens (including phenoxy) is 2. The Morgan fingerprint density at radius 2 is 2.06 bits per heavy atom. The van der Waals surface area contributed by atoms with Crippen LogP contribution in [0, 0.1) is 0 Å². The second-order valence-corrected chi connectivity index (χ2v) is 4.06. The molecule has 2 rings (SSSR count). The van der Waals surface area contributed by atoms with E-state index in [-0.39, 0.29) is 0 Å². The van der Waals surface area contributed by atoms with Gasteiger partial charge < -0.3 is 14.8 Å². The lowest BCUT2D eigenvalue weighted by Crippen LogP contribution is -2.12. The van der Waals surface area contributed by atoms with E-state index < -0.39 is 0 Å². The van der Waals surface area contributed by atoms with Crippen molar-refractivity contribution < 1.29 is 9.47 Å². The number of hydrogen-bond acceptors (Lipinski definition) is 3. The largest absolute Gasteiger partial charge is 0.491 e. The molecule has 0 radical (unpaired) electrons. The highest BCUT2D eigenvalue weighted by Gasteiger charge is 2.15. The Kier molecular flexibility index (Phi) is 4.19. The maximum Gasteiger partial charge on any atom is 0.119 e. The first-order valence-electron chi connectivity index (χ1n) is 5.85. The molecule has 1 fully saturated rings. The summed E-state index contributed by atoms with van der Waals surface area (Å²) >= 11 is 0. The van der Waals surface area contributed by atoms with Crippen molar-refractivity contribution in [2.24, 2.45) is 0 Å². The lowest BCUT2D eigenvalue weighted by molar-refractivity contribution is 0.146. The minimum atomic E-state index is 0.535. The minimum absolute atomic E-state index is 0.535. The average molecular weight is 221 g/mol.